The van der Waals surface area contributed by atoms with Crippen LogP contribution in [0.15, 0.2) is 60.7 Å². The highest BCUT2D eigenvalue weighted by Crippen LogP contribution is 2.36. The second kappa shape index (κ2) is 8.49. The first-order valence-corrected chi connectivity index (χ1v) is 9.61. The van der Waals surface area contributed by atoms with Gasteiger partial charge in [-0.05, 0) is 81.3 Å². The second-order valence-electron chi connectivity index (χ2n) is 7.61. The number of hydrogen-bond acceptors (Lipinski definition) is 1. The Morgan fingerprint density at radius 2 is 1.76 bits per heavy atom. The summed E-state index contributed by atoms with van der Waals surface area (Å²) in [6, 6.07) is 18.4. The van der Waals surface area contributed by atoms with Crippen LogP contribution in [-0.4, -0.2) is 19.0 Å². The summed E-state index contributed by atoms with van der Waals surface area (Å²) >= 11 is 0. The third-order valence-electron chi connectivity index (χ3n) is 5.46. The lowest BCUT2D eigenvalue weighted by molar-refractivity contribution is 0.226. The lowest BCUT2D eigenvalue weighted by Gasteiger charge is -2.34. The predicted molar refractivity (Wildman–Crippen MR) is 108 cm³/mol. The zero-order valence-corrected chi connectivity index (χ0v) is 15.9. The Kier molecular flexibility index (Phi) is 6.09. The van der Waals surface area contributed by atoms with Gasteiger partial charge in [0.05, 0.1) is 0 Å². The van der Waals surface area contributed by atoms with Crippen LogP contribution in [0.5, 0.6) is 0 Å². The normalized spacial score (nSPS) is 18.5. The quantitative estimate of drug-likeness (QED) is 0.609. The molecule has 0 radical (unpaired) electrons. The average molecular weight is 334 g/mol. The van der Waals surface area contributed by atoms with Crippen molar-refractivity contribution < 1.29 is 0 Å². The van der Waals surface area contributed by atoms with E-state index in [1.807, 2.05) is 0 Å². The predicted octanol–water partition coefficient (Wildman–Crippen LogP) is 5.74. The van der Waals surface area contributed by atoms with Gasteiger partial charge < -0.3 is 4.90 Å². The molecule has 25 heavy (non-hydrogen) atoms. The van der Waals surface area contributed by atoms with Crippen molar-refractivity contribution in [2.75, 3.05) is 14.1 Å². The van der Waals surface area contributed by atoms with Gasteiger partial charge in [-0.1, -0.05) is 60.7 Å². The molecule has 1 nitrogen and oxygen atoms in total. The van der Waals surface area contributed by atoms with E-state index in [9.17, 15) is 0 Å². The van der Waals surface area contributed by atoms with Crippen LogP contribution >= 0.6 is 0 Å². The minimum absolute atomic E-state index is 0.480. The molecule has 0 heterocycles. The molecule has 0 fully saturated rings. The number of benzene rings is 2. The number of rotatable bonds is 6. The van der Waals surface area contributed by atoms with Crippen molar-refractivity contribution in [1.29, 1.82) is 0 Å². The first-order chi connectivity index (χ1) is 12.1. The fraction of sp³-hybridized carbons (Fsp3) is 0.417. The maximum absolute atomic E-state index is 2.46. The van der Waals surface area contributed by atoms with Crippen LogP contribution < -0.4 is 0 Å². The summed E-state index contributed by atoms with van der Waals surface area (Å²) in [5, 5.41) is 0. The zero-order chi connectivity index (χ0) is 17.6. The number of nitrogens with zero attached hydrogens (tertiary/aromatic N) is 1. The van der Waals surface area contributed by atoms with Crippen LogP contribution in [-0.2, 0) is 12.8 Å². The Morgan fingerprint density at radius 1 is 1.00 bits per heavy atom. The summed E-state index contributed by atoms with van der Waals surface area (Å²) in [7, 11) is 4.45. The van der Waals surface area contributed by atoms with E-state index < -0.39 is 0 Å². The fourth-order valence-electron chi connectivity index (χ4n) is 4.09. The molecule has 2 atom stereocenters. The molecule has 0 N–H and O–H groups in total. The molecule has 0 saturated heterocycles. The molecule has 0 aromatic heterocycles. The summed E-state index contributed by atoms with van der Waals surface area (Å²) in [6.07, 6.45) is 10.9. The summed E-state index contributed by atoms with van der Waals surface area (Å²) in [5.41, 5.74) is 5.80. The Hall–Kier alpha value is -1.86. The molecule has 1 heteroatoms. The van der Waals surface area contributed by atoms with E-state index in [1.54, 1.807) is 0 Å². The van der Waals surface area contributed by atoms with Crippen LogP contribution in [0.25, 0.3) is 0 Å². The van der Waals surface area contributed by atoms with E-state index in [0.29, 0.717) is 12.0 Å². The third-order valence-corrected chi connectivity index (χ3v) is 5.46. The van der Waals surface area contributed by atoms with Crippen molar-refractivity contribution in [1.82, 2.24) is 4.90 Å². The van der Waals surface area contributed by atoms with E-state index in [4.69, 9.17) is 0 Å². The first-order valence-electron chi connectivity index (χ1n) is 9.61. The number of hydrogen-bond donors (Lipinski definition) is 0. The Bertz CT molecular complexity index is 699. The van der Waals surface area contributed by atoms with Crippen LogP contribution in [0, 0.1) is 12.8 Å². The zero-order valence-electron chi connectivity index (χ0n) is 15.9. The van der Waals surface area contributed by atoms with Gasteiger partial charge in [0.2, 0.25) is 0 Å². The molecule has 132 valence electrons. The molecule has 2 unspecified atom stereocenters. The maximum Gasteiger partial charge on any atom is 0.0407 e. The van der Waals surface area contributed by atoms with Crippen molar-refractivity contribution in [3.8, 4) is 0 Å². The molecule has 0 saturated carbocycles. The van der Waals surface area contributed by atoms with Crippen molar-refractivity contribution in [2.24, 2.45) is 5.92 Å². The Balaban J connectivity index is 1.81. The van der Waals surface area contributed by atoms with Gasteiger partial charge in [0.25, 0.3) is 0 Å². The van der Waals surface area contributed by atoms with Crippen LogP contribution in [0.2, 0.25) is 0 Å². The Labute approximate surface area is 153 Å². The summed E-state index contributed by atoms with van der Waals surface area (Å²) in [6.45, 7) is 2.26. The SMILES string of the molecule is Cc1ccc(CCc2ccccc2)cc1C(C1C=CCCC1)N(C)C. The van der Waals surface area contributed by atoms with E-state index in [0.717, 1.165) is 12.8 Å². The smallest absolute Gasteiger partial charge is 0.0407 e. The van der Waals surface area contributed by atoms with E-state index in [1.165, 1.54) is 41.5 Å². The molecule has 0 spiro atoms. The minimum Gasteiger partial charge on any atom is -0.302 e. The van der Waals surface area contributed by atoms with Crippen LogP contribution in [0.3, 0.4) is 0 Å². The van der Waals surface area contributed by atoms with Crippen LogP contribution in [0.4, 0.5) is 0 Å². The van der Waals surface area contributed by atoms with Gasteiger partial charge in [0, 0.05) is 6.04 Å². The summed E-state index contributed by atoms with van der Waals surface area (Å²) < 4.78 is 0. The minimum atomic E-state index is 0.480. The first kappa shape index (κ1) is 17.9. The molecule has 1 aliphatic rings. The highest BCUT2D eigenvalue weighted by molar-refractivity contribution is 5.35. The van der Waals surface area contributed by atoms with E-state index in [-0.39, 0.29) is 0 Å². The van der Waals surface area contributed by atoms with Crippen molar-refractivity contribution in [3.63, 3.8) is 0 Å². The molecule has 2 aromatic carbocycles. The molecule has 2 aromatic rings. The highest BCUT2D eigenvalue weighted by Gasteiger charge is 2.25. The molecule has 0 aliphatic heterocycles. The van der Waals surface area contributed by atoms with Gasteiger partial charge in [0.1, 0.15) is 0 Å². The van der Waals surface area contributed by atoms with Crippen molar-refractivity contribution >= 4 is 0 Å². The van der Waals surface area contributed by atoms with E-state index >= 15 is 0 Å². The molecule has 1 aliphatic carbocycles. The third kappa shape index (κ3) is 4.61. The highest BCUT2D eigenvalue weighted by atomic mass is 15.1. The molecule has 0 amide bonds. The topological polar surface area (TPSA) is 3.24 Å². The molecule has 0 bridgehead atoms. The Morgan fingerprint density at radius 3 is 2.44 bits per heavy atom. The monoisotopic (exact) mass is 333 g/mol. The van der Waals surface area contributed by atoms with Gasteiger partial charge in [-0.2, -0.15) is 0 Å². The number of aryl methyl sites for hydroxylation is 3. The number of allylic oxidation sites excluding steroid dienone is 1. The van der Waals surface area contributed by atoms with Gasteiger partial charge in [-0.3, -0.25) is 0 Å². The van der Waals surface area contributed by atoms with Crippen LogP contribution in [0.1, 0.15) is 47.6 Å². The summed E-state index contributed by atoms with van der Waals surface area (Å²) in [5.74, 6) is 0.631. The lowest BCUT2D eigenvalue weighted by atomic mass is 9.82. The lowest BCUT2D eigenvalue weighted by Crippen LogP contribution is -2.28. The summed E-state index contributed by atoms with van der Waals surface area (Å²) in [4.78, 5) is 2.41. The van der Waals surface area contributed by atoms with Gasteiger partial charge in [-0.25, -0.2) is 0 Å². The van der Waals surface area contributed by atoms with Gasteiger partial charge >= 0.3 is 0 Å². The van der Waals surface area contributed by atoms with E-state index in [2.05, 4.69) is 86.6 Å². The standard InChI is InChI=1S/C24H31N/c1-19-14-15-21(17-16-20-10-6-4-7-11-20)18-23(19)24(25(2)3)22-12-8-5-9-13-22/h4,6-8,10-12,14-15,18,22,24H,5,9,13,16-17H2,1-3H3. The maximum atomic E-state index is 2.46. The second-order valence-corrected chi connectivity index (χ2v) is 7.61. The van der Waals surface area contributed by atoms with Crippen molar-refractivity contribution in [2.45, 2.75) is 45.1 Å². The fourth-order valence-corrected chi connectivity index (χ4v) is 4.09. The average Bonchev–Trinajstić information content (AvgIpc) is 2.64. The molecule has 3 rings (SSSR count). The largest absolute Gasteiger partial charge is 0.302 e. The molecular weight excluding hydrogens is 302 g/mol. The van der Waals surface area contributed by atoms with Crippen molar-refractivity contribution in [3.05, 3.63) is 82.9 Å². The van der Waals surface area contributed by atoms with Gasteiger partial charge in [0.15, 0.2) is 0 Å². The molecular formula is C24H31N. The van der Waals surface area contributed by atoms with Gasteiger partial charge in [-0.15, -0.1) is 0 Å².